The van der Waals surface area contributed by atoms with Gasteiger partial charge in [0, 0.05) is 17.5 Å². The van der Waals surface area contributed by atoms with E-state index in [4.69, 9.17) is 5.10 Å². The van der Waals surface area contributed by atoms with Crippen molar-refractivity contribution in [3.05, 3.63) is 76.0 Å². The van der Waals surface area contributed by atoms with Crippen LogP contribution in [0.1, 0.15) is 57.6 Å². The minimum absolute atomic E-state index is 0.0352. The first kappa shape index (κ1) is 19.1. The highest BCUT2D eigenvalue weighted by Gasteiger charge is 2.36. The molecule has 0 bridgehead atoms. The van der Waals surface area contributed by atoms with Crippen LogP contribution in [0.25, 0.3) is 5.69 Å². The Bertz CT molecular complexity index is 1110. The van der Waals surface area contributed by atoms with E-state index in [0.717, 1.165) is 34.5 Å². The first-order valence-corrected chi connectivity index (χ1v) is 9.99. The molecule has 0 spiro atoms. The number of nitrogens with zero attached hydrogens (tertiary/aromatic N) is 2. The van der Waals surface area contributed by atoms with Gasteiger partial charge in [-0.25, -0.2) is 4.68 Å². The molecule has 1 aromatic heterocycles. The second-order valence-electron chi connectivity index (χ2n) is 7.77. The zero-order valence-corrected chi connectivity index (χ0v) is 17.2. The van der Waals surface area contributed by atoms with Gasteiger partial charge < -0.3 is 5.32 Å². The Morgan fingerprint density at radius 2 is 1.86 bits per heavy atom. The molecule has 0 aliphatic carbocycles. The predicted molar refractivity (Wildman–Crippen MR) is 114 cm³/mol. The topological polar surface area (TPSA) is 64.0 Å². The monoisotopic (exact) mass is 387 g/mol. The Morgan fingerprint density at radius 3 is 2.52 bits per heavy atom. The van der Waals surface area contributed by atoms with Gasteiger partial charge in [0.25, 0.3) is 0 Å². The van der Waals surface area contributed by atoms with Crippen LogP contribution in [0.3, 0.4) is 0 Å². The molecule has 2 heterocycles. The molecule has 1 N–H and O–H groups in total. The van der Waals surface area contributed by atoms with Gasteiger partial charge in [-0.3, -0.25) is 9.59 Å². The fraction of sp³-hybridized carbons (Fsp3) is 0.292. The maximum atomic E-state index is 13.3. The number of anilines is 1. The van der Waals surface area contributed by atoms with Crippen LogP contribution in [0.4, 0.5) is 5.82 Å². The van der Waals surface area contributed by atoms with E-state index in [9.17, 15) is 9.59 Å². The molecule has 1 aliphatic heterocycles. The fourth-order valence-electron chi connectivity index (χ4n) is 4.09. The minimum atomic E-state index is -0.522. The van der Waals surface area contributed by atoms with Crippen molar-refractivity contribution in [1.29, 1.82) is 0 Å². The largest absolute Gasteiger partial charge is 0.310 e. The third kappa shape index (κ3) is 3.37. The van der Waals surface area contributed by atoms with Crippen LogP contribution in [0.2, 0.25) is 0 Å². The first-order chi connectivity index (χ1) is 13.9. The number of ketones is 1. The summed E-state index contributed by atoms with van der Waals surface area (Å²) in [6, 6.07) is 13.8. The van der Waals surface area contributed by atoms with Gasteiger partial charge in [0.05, 0.1) is 17.3 Å². The van der Waals surface area contributed by atoms with E-state index in [1.54, 1.807) is 4.68 Å². The van der Waals surface area contributed by atoms with Gasteiger partial charge >= 0.3 is 0 Å². The summed E-state index contributed by atoms with van der Waals surface area (Å²) in [4.78, 5) is 25.8. The van der Waals surface area contributed by atoms with E-state index >= 15 is 0 Å². The summed E-state index contributed by atoms with van der Waals surface area (Å²) < 4.78 is 1.76. The summed E-state index contributed by atoms with van der Waals surface area (Å²) in [5, 5.41) is 7.64. The van der Waals surface area contributed by atoms with Gasteiger partial charge in [-0.1, -0.05) is 48.9 Å². The lowest BCUT2D eigenvalue weighted by Crippen LogP contribution is -2.28. The van der Waals surface area contributed by atoms with Crippen LogP contribution >= 0.6 is 0 Å². The predicted octanol–water partition coefficient (Wildman–Crippen LogP) is 4.67. The summed E-state index contributed by atoms with van der Waals surface area (Å²) in [6.07, 6.45) is 1.06. The highest BCUT2D eigenvalue weighted by atomic mass is 16.2. The molecular weight excluding hydrogens is 362 g/mol. The molecule has 1 atom stereocenters. The molecule has 1 amide bonds. The molecule has 4 rings (SSSR count). The number of aryl methyl sites for hydroxylation is 4. The average molecular weight is 387 g/mol. The summed E-state index contributed by atoms with van der Waals surface area (Å²) >= 11 is 0. The standard InChI is InChI=1S/C24H25N3O2/c1-5-17-7-9-18(10-8-17)23(29)19-13-21(28)25-24-22(19)16(4)26-27(24)20-11-6-14(2)12-15(20)3/h6-12,19H,5,13H2,1-4H3,(H,25,28)/t19-/m1/s1. The van der Waals surface area contributed by atoms with Crippen LogP contribution in [0.15, 0.2) is 42.5 Å². The third-order valence-electron chi connectivity index (χ3n) is 5.65. The number of nitrogens with one attached hydrogen (secondary N) is 1. The Kier molecular flexibility index (Phi) is 4.82. The lowest BCUT2D eigenvalue weighted by molar-refractivity contribution is -0.116. The molecule has 5 nitrogen and oxygen atoms in total. The lowest BCUT2D eigenvalue weighted by atomic mass is 9.85. The van der Waals surface area contributed by atoms with Crippen molar-refractivity contribution in [2.75, 3.05) is 5.32 Å². The molecular formula is C24H25N3O2. The number of benzene rings is 2. The fourth-order valence-corrected chi connectivity index (χ4v) is 4.09. The van der Waals surface area contributed by atoms with Crippen molar-refractivity contribution < 1.29 is 9.59 Å². The summed E-state index contributed by atoms with van der Waals surface area (Å²) in [7, 11) is 0. The number of rotatable bonds is 4. The maximum Gasteiger partial charge on any atom is 0.226 e. The van der Waals surface area contributed by atoms with Gasteiger partial charge in [-0.05, 0) is 44.4 Å². The molecule has 0 unspecified atom stereocenters. The van der Waals surface area contributed by atoms with Crippen LogP contribution in [0.5, 0.6) is 0 Å². The van der Waals surface area contributed by atoms with Crippen molar-refractivity contribution in [1.82, 2.24) is 9.78 Å². The first-order valence-electron chi connectivity index (χ1n) is 9.99. The van der Waals surface area contributed by atoms with E-state index in [0.29, 0.717) is 11.4 Å². The number of Topliss-reactive ketones (excluding diaryl/α,β-unsaturated/α-hetero) is 1. The van der Waals surface area contributed by atoms with Crippen LogP contribution < -0.4 is 5.32 Å². The van der Waals surface area contributed by atoms with Crippen molar-refractivity contribution in [2.24, 2.45) is 0 Å². The van der Waals surface area contributed by atoms with Gasteiger partial charge in [0.1, 0.15) is 5.82 Å². The normalized spacial score (nSPS) is 15.7. The molecule has 0 fully saturated rings. The van der Waals surface area contributed by atoms with Crippen molar-refractivity contribution in [2.45, 2.75) is 46.5 Å². The number of fused-ring (bicyclic) bond motifs is 1. The van der Waals surface area contributed by atoms with Gasteiger partial charge in [-0.2, -0.15) is 5.10 Å². The van der Waals surface area contributed by atoms with Gasteiger partial charge in [0.2, 0.25) is 5.91 Å². The highest BCUT2D eigenvalue weighted by Crippen LogP contribution is 2.38. The minimum Gasteiger partial charge on any atom is -0.310 e. The Balaban J connectivity index is 1.80. The highest BCUT2D eigenvalue weighted by molar-refractivity contribution is 6.08. The van der Waals surface area contributed by atoms with E-state index in [1.807, 2.05) is 57.2 Å². The molecule has 0 saturated carbocycles. The number of carbonyl (C=O) groups excluding carboxylic acids is 2. The molecule has 3 aromatic rings. The molecule has 1 aliphatic rings. The molecule has 29 heavy (non-hydrogen) atoms. The van der Waals surface area contributed by atoms with Crippen LogP contribution in [0, 0.1) is 20.8 Å². The molecule has 5 heteroatoms. The molecule has 148 valence electrons. The zero-order valence-electron chi connectivity index (χ0n) is 17.2. The molecule has 0 radical (unpaired) electrons. The second-order valence-corrected chi connectivity index (χ2v) is 7.77. The number of aromatic nitrogens is 2. The summed E-state index contributed by atoms with van der Waals surface area (Å²) in [6.45, 7) is 8.05. The van der Waals surface area contributed by atoms with E-state index in [-0.39, 0.29) is 18.1 Å². The second kappa shape index (κ2) is 7.32. The SMILES string of the molecule is CCc1ccc(C(=O)[C@@H]2CC(=O)Nc3c2c(C)nn3-c2ccc(C)cc2C)cc1. The number of amides is 1. The average Bonchev–Trinajstić information content (AvgIpc) is 3.03. The number of hydrogen-bond donors (Lipinski definition) is 1. The quantitative estimate of drug-likeness (QED) is 0.662. The molecule has 0 saturated heterocycles. The van der Waals surface area contributed by atoms with Gasteiger partial charge in [-0.15, -0.1) is 0 Å². The number of hydrogen-bond acceptors (Lipinski definition) is 3. The third-order valence-corrected chi connectivity index (χ3v) is 5.65. The Labute approximate surface area is 170 Å². The van der Waals surface area contributed by atoms with Crippen molar-refractivity contribution in [3.63, 3.8) is 0 Å². The smallest absolute Gasteiger partial charge is 0.226 e. The van der Waals surface area contributed by atoms with Crippen molar-refractivity contribution >= 4 is 17.5 Å². The summed E-state index contributed by atoms with van der Waals surface area (Å²) in [5.41, 5.74) is 6.53. The summed E-state index contributed by atoms with van der Waals surface area (Å²) in [5.74, 6) is -0.112. The Hall–Kier alpha value is -3.21. The Morgan fingerprint density at radius 1 is 1.14 bits per heavy atom. The molecule has 2 aromatic carbocycles. The van der Waals surface area contributed by atoms with Crippen molar-refractivity contribution in [3.8, 4) is 5.69 Å². The zero-order chi connectivity index (χ0) is 20.7. The van der Waals surface area contributed by atoms with Crippen LogP contribution in [-0.4, -0.2) is 21.5 Å². The van der Waals surface area contributed by atoms with E-state index in [2.05, 4.69) is 18.3 Å². The van der Waals surface area contributed by atoms with Gasteiger partial charge in [0.15, 0.2) is 5.78 Å². The lowest BCUT2D eigenvalue weighted by Gasteiger charge is -2.23. The van der Waals surface area contributed by atoms with Crippen LogP contribution in [-0.2, 0) is 11.2 Å². The number of carbonyl (C=O) groups is 2. The van der Waals surface area contributed by atoms with E-state index in [1.165, 1.54) is 5.56 Å². The maximum absolute atomic E-state index is 13.3. The van der Waals surface area contributed by atoms with E-state index < -0.39 is 5.92 Å².